The zero-order valence-electron chi connectivity index (χ0n) is 10.4. The van der Waals surface area contributed by atoms with Crippen molar-refractivity contribution in [2.75, 3.05) is 6.61 Å². The average molecular weight is 253 g/mol. The van der Waals surface area contributed by atoms with Crippen LogP contribution in [0.25, 0.3) is 0 Å². The van der Waals surface area contributed by atoms with E-state index < -0.39 is 12.3 Å². The number of aliphatic imine (C=N–C) groups is 1. The lowest BCUT2D eigenvalue weighted by Gasteiger charge is -2.09. The number of allylic oxidation sites excluding steroid dienone is 3. The Labute approximate surface area is 107 Å². The molecule has 0 bridgehead atoms. The molecule has 0 fully saturated rings. The molecule has 0 radical (unpaired) electrons. The summed E-state index contributed by atoms with van der Waals surface area (Å²) in [5, 5.41) is 0. The quantitative estimate of drug-likeness (QED) is 0.413. The molecule has 1 aliphatic rings. The summed E-state index contributed by atoms with van der Waals surface area (Å²) in [6.45, 7) is 4.03. The molecule has 0 saturated heterocycles. The Hall–Kier alpha value is -1.46. The van der Waals surface area contributed by atoms with Crippen LogP contribution in [0.2, 0.25) is 0 Å². The van der Waals surface area contributed by atoms with Crippen LogP contribution >= 0.6 is 0 Å². The van der Waals surface area contributed by atoms with E-state index in [2.05, 4.69) is 29.8 Å². The summed E-state index contributed by atoms with van der Waals surface area (Å²) in [6.07, 6.45) is 7.81. The minimum absolute atomic E-state index is 0.165. The van der Waals surface area contributed by atoms with Crippen LogP contribution < -0.4 is 11.5 Å². The highest BCUT2D eigenvalue weighted by Crippen LogP contribution is 2.13. The van der Waals surface area contributed by atoms with E-state index >= 15 is 0 Å². The number of nitrogens with zero attached hydrogens (tertiary/aromatic N) is 1. The van der Waals surface area contributed by atoms with Gasteiger partial charge in [-0.1, -0.05) is 18.2 Å². The van der Waals surface area contributed by atoms with Crippen molar-refractivity contribution >= 4 is 6.21 Å². The van der Waals surface area contributed by atoms with E-state index in [1.807, 2.05) is 0 Å². The number of halogens is 1. The van der Waals surface area contributed by atoms with Crippen LogP contribution in [0.3, 0.4) is 0 Å². The van der Waals surface area contributed by atoms with Gasteiger partial charge in [-0.25, -0.2) is 9.38 Å². The minimum atomic E-state index is -1.49. The van der Waals surface area contributed by atoms with Crippen LogP contribution in [-0.4, -0.2) is 25.2 Å². The van der Waals surface area contributed by atoms with E-state index in [0.717, 1.165) is 25.5 Å². The molecule has 100 valence electrons. The summed E-state index contributed by atoms with van der Waals surface area (Å²) in [7, 11) is 0. The molecule has 5 heteroatoms. The first-order valence-corrected chi connectivity index (χ1v) is 5.96. The van der Waals surface area contributed by atoms with Crippen molar-refractivity contribution in [3.8, 4) is 0 Å². The average Bonchev–Trinajstić information content (AvgIpc) is 2.37. The summed E-state index contributed by atoms with van der Waals surface area (Å²) < 4.78 is 18.2. The first-order valence-electron chi connectivity index (χ1n) is 5.96. The van der Waals surface area contributed by atoms with E-state index in [4.69, 9.17) is 16.2 Å². The summed E-state index contributed by atoms with van der Waals surface area (Å²) in [5.41, 5.74) is 11.5. The van der Waals surface area contributed by atoms with Crippen LogP contribution in [0.15, 0.2) is 41.3 Å². The SMILES string of the molecule is C=C(N=CC(F)C(N)N)OCCC1=CCCC=C1. The molecule has 1 rings (SSSR count). The fourth-order valence-electron chi connectivity index (χ4n) is 1.43. The van der Waals surface area contributed by atoms with Crippen molar-refractivity contribution in [3.05, 3.63) is 36.3 Å². The van der Waals surface area contributed by atoms with Gasteiger partial charge in [-0.15, -0.1) is 0 Å². The van der Waals surface area contributed by atoms with Gasteiger partial charge in [0.2, 0.25) is 5.88 Å². The summed E-state index contributed by atoms with van der Waals surface area (Å²) >= 11 is 0. The molecular weight excluding hydrogens is 233 g/mol. The number of alkyl halides is 1. The van der Waals surface area contributed by atoms with Gasteiger partial charge in [-0.05, 0) is 25.0 Å². The van der Waals surface area contributed by atoms with E-state index in [9.17, 15) is 4.39 Å². The van der Waals surface area contributed by atoms with Crippen molar-refractivity contribution < 1.29 is 9.13 Å². The zero-order chi connectivity index (χ0) is 13.4. The standard InChI is InChI=1S/C13H20FN3O/c1-10(17-9-12(14)13(15)16)18-8-7-11-5-3-2-4-6-11/h3,5-6,9,12-13H,1-2,4,7-8,15-16H2. The molecule has 0 aromatic carbocycles. The summed E-state index contributed by atoms with van der Waals surface area (Å²) in [6, 6.07) is 0. The maximum Gasteiger partial charge on any atom is 0.205 e. The van der Waals surface area contributed by atoms with Gasteiger partial charge in [-0.2, -0.15) is 0 Å². The van der Waals surface area contributed by atoms with E-state index in [1.165, 1.54) is 5.57 Å². The molecule has 4 nitrogen and oxygen atoms in total. The Kier molecular flexibility index (Phi) is 6.32. The molecule has 0 heterocycles. The first kappa shape index (κ1) is 14.6. The smallest absolute Gasteiger partial charge is 0.205 e. The lowest BCUT2D eigenvalue weighted by atomic mass is 10.1. The fraction of sp³-hybridized carbons (Fsp3) is 0.462. The van der Waals surface area contributed by atoms with Gasteiger partial charge in [0.05, 0.1) is 12.8 Å². The van der Waals surface area contributed by atoms with Gasteiger partial charge in [0.1, 0.15) is 0 Å². The Morgan fingerprint density at radius 2 is 2.33 bits per heavy atom. The van der Waals surface area contributed by atoms with Crippen LogP contribution in [0, 0.1) is 0 Å². The highest BCUT2D eigenvalue weighted by molar-refractivity contribution is 5.64. The van der Waals surface area contributed by atoms with Crippen LogP contribution in [-0.2, 0) is 4.74 Å². The van der Waals surface area contributed by atoms with Crippen LogP contribution in [0.1, 0.15) is 19.3 Å². The molecule has 1 aliphatic carbocycles. The molecule has 0 spiro atoms. The first-order chi connectivity index (χ1) is 8.59. The van der Waals surface area contributed by atoms with E-state index in [0.29, 0.717) is 6.61 Å². The number of nitrogens with two attached hydrogens (primary N) is 2. The predicted molar refractivity (Wildman–Crippen MR) is 71.7 cm³/mol. The zero-order valence-corrected chi connectivity index (χ0v) is 10.4. The van der Waals surface area contributed by atoms with Crippen molar-refractivity contribution in [2.45, 2.75) is 31.6 Å². The molecule has 0 aromatic heterocycles. The van der Waals surface area contributed by atoms with Crippen molar-refractivity contribution in [2.24, 2.45) is 16.5 Å². The maximum atomic E-state index is 13.0. The Bertz CT molecular complexity index is 361. The molecule has 1 atom stereocenters. The van der Waals surface area contributed by atoms with Crippen molar-refractivity contribution in [3.63, 3.8) is 0 Å². The summed E-state index contributed by atoms with van der Waals surface area (Å²) in [5.74, 6) is 0.165. The lowest BCUT2D eigenvalue weighted by Crippen LogP contribution is -2.41. The van der Waals surface area contributed by atoms with Gasteiger partial charge in [0.15, 0.2) is 6.17 Å². The second-order valence-electron chi connectivity index (χ2n) is 4.05. The normalized spacial score (nSPS) is 17.0. The van der Waals surface area contributed by atoms with Gasteiger partial charge in [-0.3, -0.25) is 0 Å². The number of rotatable bonds is 7. The second-order valence-corrected chi connectivity index (χ2v) is 4.05. The third-order valence-corrected chi connectivity index (χ3v) is 2.46. The van der Waals surface area contributed by atoms with Crippen molar-refractivity contribution in [1.82, 2.24) is 0 Å². The molecule has 18 heavy (non-hydrogen) atoms. The van der Waals surface area contributed by atoms with E-state index in [-0.39, 0.29) is 5.88 Å². The van der Waals surface area contributed by atoms with Gasteiger partial charge in [0.25, 0.3) is 0 Å². The van der Waals surface area contributed by atoms with E-state index in [1.54, 1.807) is 0 Å². The molecular formula is C13H20FN3O. The van der Waals surface area contributed by atoms with Crippen LogP contribution in [0.4, 0.5) is 4.39 Å². The number of ether oxygens (including phenoxy) is 1. The largest absolute Gasteiger partial charge is 0.478 e. The van der Waals surface area contributed by atoms with Gasteiger partial charge in [0, 0.05) is 12.6 Å². The molecule has 0 aliphatic heterocycles. The highest BCUT2D eigenvalue weighted by atomic mass is 19.1. The molecule has 0 saturated carbocycles. The highest BCUT2D eigenvalue weighted by Gasteiger charge is 2.08. The monoisotopic (exact) mass is 253 g/mol. The minimum Gasteiger partial charge on any atom is -0.478 e. The topological polar surface area (TPSA) is 73.6 Å². The number of hydrogen-bond acceptors (Lipinski definition) is 4. The summed E-state index contributed by atoms with van der Waals surface area (Å²) in [4.78, 5) is 3.71. The van der Waals surface area contributed by atoms with Gasteiger partial charge < -0.3 is 16.2 Å². The number of hydrogen-bond donors (Lipinski definition) is 2. The lowest BCUT2D eigenvalue weighted by molar-refractivity contribution is 0.215. The van der Waals surface area contributed by atoms with Gasteiger partial charge >= 0.3 is 0 Å². The fourth-order valence-corrected chi connectivity index (χ4v) is 1.43. The van der Waals surface area contributed by atoms with Crippen LogP contribution in [0.5, 0.6) is 0 Å². The predicted octanol–water partition coefficient (Wildman–Crippen LogP) is 1.79. The Morgan fingerprint density at radius 1 is 1.56 bits per heavy atom. The molecule has 4 N–H and O–H groups in total. The molecule has 0 amide bonds. The second kappa shape index (κ2) is 7.79. The molecule has 0 aromatic rings. The Balaban J connectivity index is 2.21. The Morgan fingerprint density at radius 3 is 2.94 bits per heavy atom. The third kappa shape index (κ3) is 5.75. The third-order valence-electron chi connectivity index (χ3n) is 2.46. The van der Waals surface area contributed by atoms with Crippen molar-refractivity contribution in [1.29, 1.82) is 0 Å². The molecule has 1 unspecified atom stereocenters. The maximum absolute atomic E-state index is 13.0.